The molecule has 4 heteroatoms. The van der Waals surface area contributed by atoms with Crippen molar-refractivity contribution in [3.05, 3.63) is 23.8 Å². The van der Waals surface area contributed by atoms with Gasteiger partial charge in [0.25, 0.3) is 0 Å². The Balaban J connectivity index is 1.52. The summed E-state index contributed by atoms with van der Waals surface area (Å²) in [5.74, 6) is 3.49. The molecule has 3 atom stereocenters. The third kappa shape index (κ3) is 2.51. The molecule has 114 valence electrons. The van der Waals surface area contributed by atoms with Gasteiger partial charge in [-0.1, -0.05) is 6.07 Å². The summed E-state index contributed by atoms with van der Waals surface area (Å²) in [5.41, 5.74) is 1.34. The number of rotatable bonds is 2. The molecular weight excluding hydrogens is 264 g/mol. The second kappa shape index (κ2) is 5.50. The van der Waals surface area contributed by atoms with E-state index in [2.05, 4.69) is 35.3 Å². The van der Waals surface area contributed by atoms with Gasteiger partial charge in [-0.15, -0.1) is 0 Å². The molecule has 3 unspecified atom stereocenters. The molecular formula is C17H24N2O2. The van der Waals surface area contributed by atoms with Crippen LogP contribution in [0.3, 0.4) is 0 Å². The molecule has 0 amide bonds. The van der Waals surface area contributed by atoms with Crippen LogP contribution in [-0.2, 0) is 0 Å². The highest BCUT2D eigenvalue weighted by molar-refractivity contribution is 5.44. The molecule has 3 aliphatic heterocycles. The number of hydrogen-bond donors (Lipinski definition) is 1. The highest BCUT2D eigenvalue weighted by Gasteiger charge is 2.38. The summed E-state index contributed by atoms with van der Waals surface area (Å²) in [7, 11) is 0. The lowest BCUT2D eigenvalue weighted by Gasteiger charge is -2.26. The zero-order chi connectivity index (χ0) is 14.2. The molecule has 0 saturated carbocycles. The Kier molecular flexibility index (Phi) is 3.51. The van der Waals surface area contributed by atoms with Crippen LogP contribution in [0.1, 0.15) is 24.9 Å². The fourth-order valence-electron chi connectivity index (χ4n) is 3.86. The standard InChI is InChI=1S/C17H24N2O2/c1-12(19-10-14-8-18-9-15(14)11-19)13-3-4-16-17(7-13)21-6-2-5-20-16/h3-4,7,12,14-15,18H,2,5-6,8-11H2,1H3. The number of fused-ring (bicyclic) bond motifs is 2. The molecule has 0 bridgehead atoms. The molecule has 0 spiro atoms. The minimum Gasteiger partial charge on any atom is -0.490 e. The van der Waals surface area contributed by atoms with Crippen LogP contribution in [0.2, 0.25) is 0 Å². The minimum absolute atomic E-state index is 0.452. The summed E-state index contributed by atoms with van der Waals surface area (Å²) in [5, 5.41) is 3.51. The number of nitrogens with one attached hydrogen (secondary N) is 1. The Bertz CT molecular complexity index is 508. The predicted molar refractivity (Wildman–Crippen MR) is 81.9 cm³/mol. The second-order valence-corrected chi connectivity index (χ2v) is 6.56. The van der Waals surface area contributed by atoms with E-state index in [1.807, 2.05) is 0 Å². The summed E-state index contributed by atoms with van der Waals surface area (Å²) in [6.07, 6.45) is 0.960. The number of benzene rings is 1. The van der Waals surface area contributed by atoms with Gasteiger partial charge < -0.3 is 14.8 Å². The first-order valence-corrected chi connectivity index (χ1v) is 8.15. The van der Waals surface area contributed by atoms with Crippen molar-refractivity contribution in [1.29, 1.82) is 0 Å². The second-order valence-electron chi connectivity index (χ2n) is 6.56. The average molecular weight is 288 g/mol. The fraction of sp³-hybridized carbons (Fsp3) is 0.647. The normalized spacial score (nSPS) is 30.0. The maximum atomic E-state index is 5.82. The van der Waals surface area contributed by atoms with Crippen molar-refractivity contribution in [1.82, 2.24) is 10.2 Å². The Morgan fingerprint density at radius 1 is 1.10 bits per heavy atom. The zero-order valence-corrected chi connectivity index (χ0v) is 12.7. The van der Waals surface area contributed by atoms with Crippen molar-refractivity contribution in [2.45, 2.75) is 19.4 Å². The molecule has 0 aromatic heterocycles. The molecule has 4 rings (SSSR count). The molecule has 3 heterocycles. The smallest absolute Gasteiger partial charge is 0.161 e. The van der Waals surface area contributed by atoms with Gasteiger partial charge in [0.05, 0.1) is 13.2 Å². The monoisotopic (exact) mass is 288 g/mol. The van der Waals surface area contributed by atoms with Crippen molar-refractivity contribution < 1.29 is 9.47 Å². The number of ether oxygens (including phenoxy) is 2. The van der Waals surface area contributed by atoms with Crippen molar-refractivity contribution in [2.24, 2.45) is 11.8 Å². The van der Waals surface area contributed by atoms with Gasteiger partial charge in [0.15, 0.2) is 11.5 Å². The van der Waals surface area contributed by atoms with Crippen molar-refractivity contribution in [3.8, 4) is 11.5 Å². The van der Waals surface area contributed by atoms with Gasteiger partial charge in [0.1, 0.15) is 0 Å². The molecule has 1 N–H and O–H groups in total. The van der Waals surface area contributed by atoms with Gasteiger partial charge >= 0.3 is 0 Å². The highest BCUT2D eigenvalue weighted by Crippen LogP contribution is 2.36. The lowest BCUT2D eigenvalue weighted by atomic mass is 10.0. The highest BCUT2D eigenvalue weighted by atomic mass is 16.5. The number of hydrogen-bond acceptors (Lipinski definition) is 4. The van der Waals surface area contributed by atoms with Gasteiger partial charge in [-0.05, 0) is 49.5 Å². The quantitative estimate of drug-likeness (QED) is 0.903. The maximum absolute atomic E-state index is 5.82. The van der Waals surface area contributed by atoms with E-state index in [1.54, 1.807) is 0 Å². The van der Waals surface area contributed by atoms with Gasteiger partial charge in [-0.2, -0.15) is 0 Å². The molecule has 0 radical (unpaired) electrons. The molecule has 2 fully saturated rings. The average Bonchev–Trinajstić information content (AvgIpc) is 3.00. The minimum atomic E-state index is 0.452. The first-order chi connectivity index (χ1) is 10.3. The van der Waals surface area contributed by atoms with Crippen LogP contribution in [-0.4, -0.2) is 44.3 Å². The predicted octanol–water partition coefficient (Wildman–Crippen LogP) is 2.06. The molecule has 1 aromatic carbocycles. The van der Waals surface area contributed by atoms with Gasteiger partial charge in [0.2, 0.25) is 0 Å². The van der Waals surface area contributed by atoms with E-state index in [0.717, 1.165) is 43.0 Å². The first kappa shape index (κ1) is 13.4. The van der Waals surface area contributed by atoms with Crippen molar-refractivity contribution in [2.75, 3.05) is 39.4 Å². The molecule has 3 aliphatic rings. The number of nitrogens with zero attached hydrogens (tertiary/aromatic N) is 1. The van der Waals surface area contributed by atoms with E-state index in [0.29, 0.717) is 6.04 Å². The summed E-state index contributed by atoms with van der Waals surface area (Å²) in [4.78, 5) is 2.62. The topological polar surface area (TPSA) is 33.7 Å². The van der Waals surface area contributed by atoms with Crippen LogP contribution in [0.15, 0.2) is 18.2 Å². The molecule has 2 saturated heterocycles. The first-order valence-electron chi connectivity index (χ1n) is 8.15. The summed E-state index contributed by atoms with van der Waals surface area (Å²) >= 11 is 0. The van der Waals surface area contributed by atoms with E-state index < -0.39 is 0 Å². The molecule has 0 aliphatic carbocycles. The lowest BCUT2D eigenvalue weighted by molar-refractivity contribution is 0.243. The molecule has 4 nitrogen and oxygen atoms in total. The summed E-state index contributed by atoms with van der Waals surface area (Å²) in [6.45, 7) is 8.63. The Morgan fingerprint density at radius 2 is 1.81 bits per heavy atom. The fourth-order valence-corrected chi connectivity index (χ4v) is 3.86. The summed E-state index contributed by atoms with van der Waals surface area (Å²) < 4.78 is 11.5. The van der Waals surface area contributed by atoms with Crippen LogP contribution in [0.5, 0.6) is 11.5 Å². The SMILES string of the molecule is CC(c1ccc2c(c1)OCCCO2)N1CC2CNCC2C1. The van der Waals surface area contributed by atoms with Crippen molar-refractivity contribution in [3.63, 3.8) is 0 Å². The van der Waals surface area contributed by atoms with E-state index in [9.17, 15) is 0 Å². The Hall–Kier alpha value is -1.26. The van der Waals surface area contributed by atoms with Gasteiger partial charge in [0, 0.05) is 25.6 Å². The van der Waals surface area contributed by atoms with Crippen LogP contribution in [0.25, 0.3) is 0 Å². The third-order valence-electron chi connectivity index (χ3n) is 5.22. The van der Waals surface area contributed by atoms with E-state index in [1.165, 1.54) is 31.7 Å². The number of likely N-dealkylation sites (tertiary alicyclic amines) is 1. The maximum Gasteiger partial charge on any atom is 0.161 e. The van der Waals surface area contributed by atoms with E-state index in [4.69, 9.17) is 9.47 Å². The van der Waals surface area contributed by atoms with Gasteiger partial charge in [-0.25, -0.2) is 0 Å². The van der Waals surface area contributed by atoms with E-state index >= 15 is 0 Å². The van der Waals surface area contributed by atoms with Crippen LogP contribution < -0.4 is 14.8 Å². The zero-order valence-electron chi connectivity index (χ0n) is 12.7. The Morgan fingerprint density at radius 3 is 2.57 bits per heavy atom. The largest absolute Gasteiger partial charge is 0.490 e. The van der Waals surface area contributed by atoms with Crippen LogP contribution in [0, 0.1) is 11.8 Å². The lowest BCUT2D eigenvalue weighted by Crippen LogP contribution is -2.28. The molecule has 21 heavy (non-hydrogen) atoms. The van der Waals surface area contributed by atoms with Crippen LogP contribution in [0.4, 0.5) is 0 Å². The van der Waals surface area contributed by atoms with Crippen molar-refractivity contribution >= 4 is 0 Å². The third-order valence-corrected chi connectivity index (χ3v) is 5.22. The molecule has 1 aromatic rings. The Labute approximate surface area is 126 Å². The van der Waals surface area contributed by atoms with E-state index in [-0.39, 0.29) is 0 Å². The van der Waals surface area contributed by atoms with Gasteiger partial charge in [-0.3, -0.25) is 4.90 Å². The summed E-state index contributed by atoms with van der Waals surface area (Å²) in [6, 6.07) is 6.90. The van der Waals surface area contributed by atoms with Crippen LogP contribution >= 0.6 is 0 Å².